The molecule has 2 saturated heterocycles. The standard InChI is InChI=1S/C27H36N4O3/c1-4-27(22-13-16-30(17-14-22)20(2)19-23-7-5-6-15-28-23)25(32)31(26(33)29-27)18-12-21-8-10-24(34-3)11-9-21/h5-11,15,20,22H,4,12-14,16-19H2,1-3H3,(H,29,33)/t20-,27-/m0/s1. The quantitative estimate of drug-likeness (QED) is 0.573. The lowest BCUT2D eigenvalue weighted by Gasteiger charge is -2.42. The number of hydrogen-bond donors (Lipinski definition) is 1. The van der Waals surface area contributed by atoms with Gasteiger partial charge in [-0.15, -0.1) is 0 Å². The highest BCUT2D eigenvalue weighted by atomic mass is 16.5. The van der Waals surface area contributed by atoms with Gasteiger partial charge < -0.3 is 15.0 Å². The van der Waals surface area contributed by atoms with E-state index in [4.69, 9.17) is 4.74 Å². The van der Waals surface area contributed by atoms with Gasteiger partial charge in [0.15, 0.2) is 0 Å². The lowest BCUT2D eigenvalue weighted by atomic mass is 9.75. The lowest BCUT2D eigenvalue weighted by molar-refractivity contribution is -0.134. The fourth-order valence-electron chi connectivity index (χ4n) is 5.47. The monoisotopic (exact) mass is 464 g/mol. The summed E-state index contributed by atoms with van der Waals surface area (Å²) in [6.45, 7) is 6.50. The largest absolute Gasteiger partial charge is 0.497 e. The number of aromatic nitrogens is 1. The zero-order chi connectivity index (χ0) is 24.1. The smallest absolute Gasteiger partial charge is 0.325 e. The van der Waals surface area contributed by atoms with Gasteiger partial charge >= 0.3 is 6.03 Å². The molecule has 2 aromatic rings. The van der Waals surface area contributed by atoms with E-state index < -0.39 is 5.54 Å². The van der Waals surface area contributed by atoms with Crippen molar-refractivity contribution >= 4 is 11.9 Å². The second-order valence-corrected chi connectivity index (χ2v) is 9.49. The molecular weight excluding hydrogens is 428 g/mol. The summed E-state index contributed by atoms with van der Waals surface area (Å²) in [6.07, 6.45) is 5.81. The van der Waals surface area contributed by atoms with Crippen LogP contribution in [0.5, 0.6) is 5.75 Å². The SMILES string of the molecule is CC[C@@]1(C2CCN([C@@H](C)Cc3ccccn3)CC2)NC(=O)N(CCc2ccc(OC)cc2)C1=O. The van der Waals surface area contributed by atoms with Gasteiger partial charge in [0, 0.05) is 30.9 Å². The first-order valence-corrected chi connectivity index (χ1v) is 12.4. The number of carbonyl (C=O) groups excluding carboxylic acids is 2. The fraction of sp³-hybridized carbons (Fsp3) is 0.519. The molecule has 7 heteroatoms. The second-order valence-electron chi connectivity index (χ2n) is 9.49. The van der Waals surface area contributed by atoms with Gasteiger partial charge in [0.1, 0.15) is 11.3 Å². The average Bonchev–Trinajstić information content (AvgIpc) is 3.13. The van der Waals surface area contributed by atoms with Crippen molar-refractivity contribution in [1.82, 2.24) is 20.1 Å². The molecule has 0 aliphatic carbocycles. The third-order valence-electron chi connectivity index (χ3n) is 7.62. The minimum atomic E-state index is -0.784. The molecule has 3 heterocycles. The van der Waals surface area contributed by atoms with E-state index in [1.54, 1.807) is 7.11 Å². The first-order valence-electron chi connectivity index (χ1n) is 12.4. The Hall–Kier alpha value is -2.93. The Morgan fingerprint density at radius 3 is 2.50 bits per heavy atom. The number of nitrogens with one attached hydrogen (secondary N) is 1. The molecule has 1 aromatic carbocycles. The first-order chi connectivity index (χ1) is 16.5. The van der Waals surface area contributed by atoms with Gasteiger partial charge in [-0.3, -0.25) is 14.7 Å². The predicted octanol–water partition coefficient (Wildman–Crippen LogP) is 3.68. The number of amides is 3. The summed E-state index contributed by atoms with van der Waals surface area (Å²) >= 11 is 0. The highest BCUT2D eigenvalue weighted by Crippen LogP contribution is 2.36. The van der Waals surface area contributed by atoms with Gasteiger partial charge in [0.05, 0.1) is 7.11 Å². The fourth-order valence-corrected chi connectivity index (χ4v) is 5.47. The number of rotatable bonds is 9. The molecule has 0 unspecified atom stereocenters. The summed E-state index contributed by atoms with van der Waals surface area (Å²) in [5, 5.41) is 3.11. The molecule has 1 N–H and O–H groups in total. The number of piperidine rings is 1. The summed E-state index contributed by atoms with van der Waals surface area (Å²) in [7, 11) is 1.64. The number of ether oxygens (including phenoxy) is 1. The van der Waals surface area contributed by atoms with Crippen LogP contribution in [0.25, 0.3) is 0 Å². The number of carbonyl (C=O) groups is 2. The Labute approximate surface area is 202 Å². The van der Waals surface area contributed by atoms with Crippen LogP contribution in [0, 0.1) is 5.92 Å². The molecule has 34 heavy (non-hydrogen) atoms. The highest BCUT2D eigenvalue weighted by Gasteiger charge is 2.54. The molecule has 7 nitrogen and oxygen atoms in total. The molecule has 0 saturated carbocycles. The van der Waals surface area contributed by atoms with E-state index in [0.717, 1.165) is 49.4 Å². The van der Waals surface area contributed by atoms with Crippen LogP contribution >= 0.6 is 0 Å². The van der Waals surface area contributed by atoms with Gasteiger partial charge in [-0.2, -0.15) is 0 Å². The number of imide groups is 1. The number of benzene rings is 1. The normalized spacial score (nSPS) is 22.6. The van der Waals surface area contributed by atoms with E-state index in [1.807, 2.05) is 49.5 Å². The number of hydrogen-bond acceptors (Lipinski definition) is 5. The summed E-state index contributed by atoms with van der Waals surface area (Å²) in [5.41, 5.74) is 1.39. The van der Waals surface area contributed by atoms with E-state index >= 15 is 0 Å². The summed E-state index contributed by atoms with van der Waals surface area (Å²) in [4.78, 5) is 34.8. The van der Waals surface area contributed by atoms with Crippen molar-refractivity contribution in [2.75, 3.05) is 26.7 Å². The Kier molecular flexibility index (Phi) is 7.51. The average molecular weight is 465 g/mol. The third-order valence-corrected chi connectivity index (χ3v) is 7.62. The third kappa shape index (κ3) is 4.94. The van der Waals surface area contributed by atoms with Crippen LogP contribution in [0.2, 0.25) is 0 Å². The van der Waals surface area contributed by atoms with Crippen LogP contribution in [0.4, 0.5) is 4.79 Å². The number of likely N-dealkylation sites (tertiary alicyclic amines) is 1. The van der Waals surface area contributed by atoms with E-state index in [0.29, 0.717) is 25.4 Å². The zero-order valence-corrected chi connectivity index (χ0v) is 20.5. The number of urea groups is 1. The van der Waals surface area contributed by atoms with Crippen LogP contribution in [-0.4, -0.2) is 65.0 Å². The van der Waals surface area contributed by atoms with Crippen molar-refractivity contribution in [3.8, 4) is 5.75 Å². The molecule has 2 fully saturated rings. The van der Waals surface area contributed by atoms with Crippen molar-refractivity contribution in [1.29, 1.82) is 0 Å². The molecule has 2 aliphatic heterocycles. The first kappa shape index (κ1) is 24.2. The molecule has 2 atom stereocenters. The Morgan fingerprint density at radius 2 is 1.88 bits per heavy atom. The van der Waals surface area contributed by atoms with E-state index in [-0.39, 0.29) is 17.9 Å². The van der Waals surface area contributed by atoms with Crippen molar-refractivity contribution in [2.45, 2.75) is 57.5 Å². The molecular formula is C27H36N4O3. The van der Waals surface area contributed by atoms with Crippen LogP contribution in [-0.2, 0) is 17.6 Å². The highest BCUT2D eigenvalue weighted by molar-refractivity contribution is 6.07. The minimum Gasteiger partial charge on any atom is -0.497 e. The molecule has 0 radical (unpaired) electrons. The van der Waals surface area contributed by atoms with Crippen molar-refractivity contribution in [3.63, 3.8) is 0 Å². The van der Waals surface area contributed by atoms with Gasteiger partial charge in [0.2, 0.25) is 0 Å². The molecule has 182 valence electrons. The zero-order valence-electron chi connectivity index (χ0n) is 20.5. The van der Waals surface area contributed by atoms with Crippen molar-refractivity contribution in [3.05, 3.63) is 59.9 Å². The second kappa shape index (κ2) is 10.6. The maximum Gasteiger partial charge on any atom is 0.325 e. The van der Waals surface area contributed by atoms with Crippen molar-refractivity contribution in [2.24, 2.45) is 5.92 Å². The molecule has 0 spiro atoms. The van der Waals surface area contributed by atoms with Crippen LogP contribution in [0.3, 0.4) is 0 Å². The molecule has 4 rings (SSSR count). The topological polar surface area (TPSA) is 74.8 Å². The number of methoxy groups -OCH3 is 1. The maximum absolute atomic E-state index is 13.5. The summed E-state index contributed by atoms with van der Waals surface area (Å²) in [5.74, 6) is 0.885. The number of pyridine rings is 1. The van der Waals surface area contributed by atoms with Crippen molar-refractivity contribution < 1.29 is 14.3 Å². The lowest BCUT2D eigenvalue weighted by Crippen LogP contribution is -2.56. The minimum absolute atomic E-state index is 0.0616. The van der Waals surface area contributed by atoms with Gasteiger partial charge in [0.25, 0.3) is 5.91 Å². The molecule has 2 aliphatic rings. The van der Waals surface area contributed by atoms with Crippen LogP contribution < -0.4 is 10.1 Å². The molecule has 0 bridgehead atoms. The van der Waals surface area contributed by atoms with Gasteiger partial charge in [-0.1, -0.05) is 25.1 Å². The van der Waals surface area contributed by atoms with Gasteiger partial charge in [-0.25, -0.2) is 4.79 Å². The van der Waals surface area contributed by atoms with Gasteiger partial charge in [-0.05, 0) is 81.4 Å². The summed E-state index contributed by atoms with van der Waals surface area (Å²) < 4.78 is 5.21. The van der Waals surface area contributed by atoms with E-state index in [1.165, 1.54) is 4.90 Å². The maximum atomic E-state index is 13.5. The van der Waals surface area contributed by atoms with Crippen LogP contribution in [0.15, 0.2) is 48.7 Å². The van der Waals surface area contributed by atoms with E-state index in [9.17, 15) is 9.59 Å². The Morgan fingerprint density at radius 1 is 1.15 bits per heavy atom. The Bertz CT molecular complexity index is 973. The summed E-state index contributed by atoms with van der Waals surface area (Å²) in [6, 6.07) is 13.9. The van der Waals surface area contributed by atoms with E-state index in [2.05, 4.69) is 28.2 Å². The Balaban J connectivity index is 1.36. The molecule has 1 aromatic heterocycles. The van der Waals surface area contributed by atoms with Crippen LogP contribution in [0.1, 0.15) is 44.4 Å². The molecule has 3 amide bonds. The number of nitrogens with zero attached hydrogens (tertiary/aromatic N) is 3. The predicted molar refractivity (Wildman–Crippen MR) is 132 cm³/mol.